The van der Waals surface area contributed by atoms with Crippen LogP contribution in [0.25, 0.3) is 0 Å². The Balaban J connectivity index is 3.41. The minimum Gasteiger partial charge on any atom is -0.492 e. The Bertz CT molecular complexity index is 330. The molecule has 0 unspecified atom stereocenters. The molecule has 0 radical (unpaired) electrons. The first-order chi connectivity index (χ1) is 6.11. The monoisotopic (exact) mass is 265 g/mol. The molecule has 0 fully saturated rings. The van der Waals surface area contributed by atoms with Crippen molar-refractivity contribution in [3.8, 4) is 11.5 Å². The van der Waals surface area contributed by atoms with Crippen molar-refractivity contribution in [2.45, 2.75) is 0 Å². The van der Waals surface area contributed by atoms with Gasteiger partial charge in [-0.25, -0.2) is 0 Å². The van der Waals surface area contributed by atoms with E-state index in [1.807, 2.05) is 0 Å². The Morgan fingerprint density at radius 1 is 1.31 bits per heavy atom. The lowest BCUT2D eigenvalue weighted by molar-refractivity contribution is 0.353. The van der Waals surface area contributed by atoms with Crippen molar-refractivity contribution in [3.05, 3.63) is 15.6 Å². The van der Waals surface area contributed by atoms with E-state index in [2.05, 4.69) is 15.9 Å². The molecular formula is C8H9BrClNO2. The summed E-state index contributed by atoms with van der Waals surface area (Å²) < 4.78 is 10.8. The minimum absolute atomic E-state index is 0.431. The van der Waals surface area contributed by atoms with Gasteiger partial charge in [-0.2, -0.15) is 0 Å². The molecule has 0 spiro atoms. The van der Waals surface area contributed by atoms with Crippen LogP contribution in [0.5, 0.6) is 11.5 Å². The maximum atomic E-state index is 5.88. The van der Waals surface area contributed by atoms with E-state index in [4.69, 9.17) is 26.8 Å². The van der Waals surface area contributed by atoms with E-state index in [1.54, 1.807) is 6.07 Å². The molecule has 3 nitrogen and oxygen atoms in total. The zero-order valence-corrected chi connectivity index (χ0v) is 9.57. The van der Waals surface area contributed by atoms with E-state index in [9.17, 15) is 0 Å². The average molecular weight is 267 g/mol. The molecule has 0 atom stereocenters. The van der Waals surface area contributed by atoms with Crippen molar-refractivity contribution < 1.29 is 9.47 Å². The van der Waals surface area contributed by atoms with Crippen LogP contribution in [0.1, 0.15) is 0 Å². The van der Waals surface area contributed by atoms with E-state index in [-0.39, 0.29) is 0 Å². The zero-order valence-electron chi connectivity index (χ0n) is 7.23. The number of anilines is 1. The lowest BCUT2D eigenvalue weighted by atomic mass is 10.3. The van der Waals surface area contributed by atoms with E-state index in [0.29, 0.717) is 26.7 Å². The van der Waals surface area contributed by atoms with Gasteiger partial charge in [-0.3, -0.25) is 0 Å². The number of rotatable bonds is 2. The number of nitrogens with two attached hydrogens (primary N) is 1. The Hall–Kier alpha value is -0.610. The third-order valence-corrected chi connectivity index (χ3v) is 2.67. The predicted molar refractivity (Wildman–Crippen MR) is 56.7 cm³/mol. The van der Waals surface area contributed by atoms with Crippen molar-refractivity contribution in [3.63, 3.8) is 0 Å². The van der Waals surface area contributed by atoms with Gasteiger partial charge in [0, 0.05) is 0 Å². The second kappa shape index (κ2) is 4.07. The first-order valence-electron chi connectivity index (χ1n) is 3.47. The van der Waals surface area contributed by atoms with Crippen LogP contribution in [0, 0.1) is 0 Å². The third kappa shape index (κ3) is 1.84. The topological polar surface area (TPSA) is 44.5 Å². The fraction of sp³-hybridized carbons (Fsp3) is 0.250. The molecule has 0 aliphatic carbocycles. The normalized spacial score (nSPS) is 9.85. The number of ether oxygens (including phenoxy) is 2. The number of benzene rings is 1. The maximum absolute atomic E-state index is 5.88. The highest BCUT2D eigenvalue weighted by molar-refractivity contribution is 9.10. The van der Waals surface area contributed by atoms with Crippen LogP contribution in [0.15, 0.2) is 10.5 Å². The van der Waals surface area contributed by atoms with Crippen LogP contribution >= 0.6 is 27.5 Å². The molecular weight excluding hydrogens is 257 g/mol. The van der Waals surface area contributed by atoms with Crippen LogP contribution in [0.2, 0.25) is 5.02 Å². The summed E-state index contributed by atoms with van der Waals surface area (Å²) in [7, 11) is 3.05. The molecule has 72 valence electrons. The highest BCUT2D eigenvalue weighted by atomic mass is 79.9. The smallest absolute Gasteiger partial charge is 0.180 e. The summed E-state index contributed by atoms with van der Waals surface area (Å²) in [5.74, 6) is 0.984. The van der Waals surface area contributed by atoms with Gasteiger partial charge in [0.1, 0.15) is 0 Å². The molecule has 0 aliphatic heterocycles. The summed E-state index contributed by atoms with van der Waals surface area (Å²) in [6.45, 7) is 0. The number of nitrogen functional groups attached to an aromatic ring is 1. The Morgan fingerprint density at radius 2 is 1.85 bits per heavy atom. The lowest BCUT2D eigenvalue weighted by Gasteiger charge is -2.12. The average Bonchev–Trinajstić information content (AvgIpc) is 2.10. The van der Waals surface area contributed by atoms with E-state index < -0.39 is 0 Å². The first kappa shape index (κ1) is 10.5. The van der Waals surface area contributed by atoms with Crippen molar-refractivity contribution in [1.82, 2.24) is 0 Å². The molecule has 5 heteroatoms. The van der Waals surface area contributed by atoms with Crippen molar-refractivity contribution in [2.75, 3.05) is 20.0 Å². The van der Waals surface area contributed by atoms with Gasteiger partial charge < -0.3 is 15.2 Å². The van der Waals surface area contributed by atoms with Crippen molar-refractivity contribution >= 4 is 33.2 Å². The molecule has 1 aromatic carbocycles. The largest absolute Gasteiger partial charge is 0.492 e. The van der Waals surface area contributed by atoms with Crippen LogP contribution in [0.4, 0.5) is 5.69 Å². The standard InChI is InChI=1S/C8H9BrClNO2/c1-12-7-4(10)3-5(11)6(9)8(7)13-2/h3H,11H2,1-2H3. The summed E-state index contributed by atoms with van der Waals surface area (Å²) >= 11 is 9.16. The lowest BCUT2D eigenvalue weighted by Crippen LogP contribution is -1.96. The van der Waals surface area contributed by atoms with Crippen LogP contribution in [-0.4, -0.2) is 14.2 Å². The highest BCUT2D eigenvalue weighted by Crippen LogP contribution is 2.43. The first-order valence-corrected chi connectivity index (χ1v) is 4.64. The molecule has 0 amide bonds. The Morgan fingerprint density at radius 3 is 2.31 bits per heavy atom. The molecule has 0 bridgehead atoms. The number of methoxy groups -OCH3 is 2. The van der Waals surface area contributed by atoms with Gasteiger partial charge in [0.2, 0.25) is 0 Å². The van der Waals surface area contributed by atoms with Crippen LogP contribution < -0.4 is 15.2 Å². The molecule has 0 heterocycles. The Labute approximate surface area is 89.9 Å². The molecule has 1 rings (SSSR count). The van der Waals surface area contributed by atoms with Crippen molar-refractivity contribution in [2.24, 2.45) is 0 Å². The van der Waals surface area contributed by atoms with Crippen molar-refractivity contribution in [1.29, 1.82) is 0 Å². The highest BCUT2D eigenvalue weighted by Gasteiger charge is 2.15. The predicted octanol–water partition coefficient (Wildman–Crippen LogP) is 2.70. The van der Waals surface area contributed by atoms with Gasteiger partial charge in [0.15, 0.2) is 11.5 Å². The van der Waals surface area contributed by atoms with Gasteiger partial charge in [-0.1, -0.05) is 11.6 Å². The summed E-state index contributed by atoms with van der Waals surface area (Å²) in [4.78, 5) is 0. The van der Waals surface area contributed by atoms with Crippen LogP contribution in [-0.2, 0) is 0 Å². The number of hydrogen-bond donors (Lipinski definition) is 1. The molecule has 2 N–H and O–H groups in total. The molecule has 0 saturated heterocycles. The van der Waals surface area contributed by atoms with Gasteiger partial charge in [0.05, 0.1) is 29.4 Å². The summed E-state index contributed by atoms with van der Waals surface area (Å²) in [6.07, 6.45) is 0. The second-order valence-corrected chi connectivity index (χ2v) is 3.53. The van der Waals surface area contributed by atoms with Gasteiger partial charge in [-0.15, -0.1) is 0 Å². The van der Waals surface area contributed by atoms with E-state index in [0.717, 1.165) is 0 Å². The zero-order chi connectivity index (χ0) is 10.0. The number of hydrogen-bond acceptors (Lipinski definition) is 3. The molecule has 1 aromatic rings. The molecule has 0 aliphatic rings. The second-order valence-electron chi connectivity index (χ2n) is 2.33. The number of halogens is 2. The fourth-order valence-electron chi connectivity index (χ4n) is 0.977. The van der Waals surface area contributed by atoms with Gasteiger partial charge in [0.25, 0.3) is 0 Å². The SMILES string of the molecule is COc1c(Cl)cc(N)c(Br)c1OC. The summed E-state index contributed by atoms with van der Waals surface area (Å²) in [5.41, 5.74) is 6.17. The maximum Gasteiger partial charge on any atom is 0.180 e. The quantitative estimate of drug-likeness (QED) is 0.837. The van der Waals surface area contributed by atoms with Gasteiger partial charge in [-0.05, 0) is 22.0 Å². The minimum atomic E-state index is 0.431. The van der Waals surface area contributed by atoms with E-state index in [1.165, 1.54) is 14.2 Å². The van der Waals surface area contributed by atoms with E-state index >= 15 is 0 Å². The van der Waals surface area contributed by atoms with Crippen LogP contribution in [0.3, 0.4) is 0 Å². The molecule has 0 saturated carbocycles. The third-order valence-electron chi connectivity index (χ3n) is 1.57. The molecule has 0 aromatic heterocycles. The fourth-order valence-corrected chi connectivity index (χ4v) is 1.71. The Kier molecular flexibility index (Phi) is 3.27. The molecule has 13 heavy (non-hydrogen) atoms. The summed E-state index contributed by atoms with van der Waals surface area (Å²) in [5, 5.41) is 0.431. The van der Waals surface area contributed by atoms with Gasteiger partial charge >= 0.3 is 0 Å². The summed E-state index contributed by atoms with van der Waals surface area (Å²) in [6, 6.07) is 1.60.